The quantitative estimate of drug-likeness (QED) is 0.708. The third-order valence-electron chi connectivity index (χ3n) is 5.92. The highest BCUT2D eigenvalue weighted by Gasteiger charge is 2.47. The van der Waals surface area contributed by atoms with Crippen molar-refractivity contribution in [1.29, 1.82) is 0 Å². The van der Waals surface area contributed by atoms with E-state index in [2.05, 4.69) is 0 Å². The summed E-state index contributed by atoms with van der Waals surface area (Å²) in [6, 6.07) is 3.10. The lowest BCUT2D eigenvalue weighted by atomic mass is 10.1. The number of aliphatic carboxylic acids is 1. The van der Waals surface area contributed by atoms with E-state index >= 15 is 0 Å². The summed E-state index contributed by atoms with van der Waals surface area (Å²) in [4.78, 5) is 12.2. The molecule has 2 aliphatic rings. The molecule has 1 aliphatic carbocycles. The number of halogens is 3. The second kappa shape index (κ2) is 8.35. The molecule has 1 heterocycles. The molecular weight excluding hydrogens is 427 g/mol. The van der Waals surface area contributed by atoms with Crippen molar-refractivity contribution in [3.8, 4) is 0 Å². The van der Waals surface area contributed by atoms with Gasteiger partial charge in [-0.1, -0.05) is 0 Å². The number of hydrogen-bond donors (Lipinski definition) is 2. The second-order valence-corrected chi connectivity index (χ2v) is 9.95. The lowest BCUT2D eigenvalue weighted by molar-refractivity contribution is -0.145. The number of alkyl halides is 3. The molecular formula is C19H24F3NO6S. The van der Waals surface area contributed by atoms with Crippen LogP contribution in [0, 0.1) is 5.92 Å². The molecule has 2 N–H and O–H groups in total. The second-order valence-electron chi connectivity index (χ2n) is 7.75. The van der Waals surface area contributed by atoms with Crippen molar-refractivity contribution in [3.63, 3.8) is 0 Å². The third-order valence-corrected chi connectivity index (χ3v) is 8.16. The number of anilines is 1. The SMILES string of the molecule is CO[C@@H]1C[C@H](S(=O)(=O)c2ccc(N3CCC(O)CC3)cc2C(F)(F)F)C[C@H]1C(=O)O. The Balaban J connectivity index is 1.97. The molecule has 1 aromatic rings. The van der Waals surface area contributed by atoms with Crippen molar-refractivity contribution >= 4 is 21.5 Å². The molecule has 1 saturated heterocycles. The van der Waals surface area contributed by atoms with E-state index in [1.54, 1.807) is 4.90 Å². The number of rotatable bonds is 5. The Labute approximate surface area is 172 Å². The highest BCUT2D eigenvalue weighted by Crippen LogP contribution is 2.42. The summed E-state index contributed by atoms with van der Waals surface area (Å²) >= 11 is 0. The topological polar surface area (TPSA) is 104 Å². The summed E-state index contributed by atoms with van der Waals surface area (Å²) in [5.41, 5.74) is -1.03. The highest BCUT2D eigenvalue weighted by atomic mass is 32.2. The summed E-state index contributed by atoms with van der Waals surface area (Å²) in [6.07, 6.45) is -5.94. The molecule has 0 amide bonds. The van der Waals surface area contributed by atoms with Crippen molar-refractivity contribution in [2.24, 2.45) is 5.92 Å². The van der Waals surface area contributed by atoms with Crippen LogP contribution in [0.2, 0.25) is 0 Å². The van der Waals surface area contributed by atoms with Gasteiger partial charge in [0, 0.05) is 25.9 Å². The zero-order chi connectivity index (χ0) is 22.3. The smallest absolute Gasteiger partial charge is 0.417 e. The summed E-state index contributed by atoms with van der Waals surface area (Å²) in [7, 11) is -3.19. The number of benzene rings is 1. The van der Waals surface area contributed by atoms with Crippen LogP contribution in [0.3, 0.4) is 0 Å². The van der Waals surface area contributed by atoms with E-state index in [0.717, 1.165) is 12.1 Å². The van der Waals surface area contributed by atoms with Gasteiger partial charge in [-0.3, -0.25) is 4.79 Å². The minimum atomic E-state index is -4.90. The van der Waals surface area contributed by atoms with Gasteiger partial charge in [0.05, 0.1) is 33.8 Å². The molecule has 30 heavy (non-hydrogen) atoms. The molecule has 1 aliphatic heterocycles. The number of ether oxygens (including phenoxy) is 1. The minimum Gasteiger partial charge on any atom is -0.481 e. The first-order chi connectivity index (χ1) is 13.9. The lowest BCUT2D eigenvalue weighted by Crippen LogP contribution is -2.36. The van der Waals surface area contributed by atoms with E-state index in [9.17, 15) is 36.6 Å². The first kappa shape index (κ1) is 22.8. The number of aliphatic hydroxyl groups excluding tert-OH is 1. The molecule has 0 aromatic heterocycles. The van der Waals surface area contributed by atoms with Gasteiger partial charge in [-0.2, -0.15) is 13.2 Å². The van der Waals surface area contributed by atoms with Crippen molar-refractivity contribution in [3.05, 3.63) is 23.8 Å². The van der Waals surface area contributed by atoms with Crippen LogP contribution in [-0.2, 0) is 25.5 Å². The number of hydrogen-bond acceptors (Lipinski definition) is 6. The van der Waals surface area contributed by atoms with E-state index in [1.165, 1.54) is 13.2 Å². The van der Waals surface area contributed by atoms with Gasteiger partial charge in [0.1, 0.15) is 0 Å². The molecule has 0 bridgehead atoms. The van der Waals surface area contributed by atoms with Gasteiger partial charge >= 0.3 is 12.1 Å². The Morgan fingerprint density at radius 1 is 1.20 bits per heavy atom. The zero-order valence-corrected chi connectivity index (χ0v) is 17.1. The lowest BCUT2D eigenvalue weighted by Gasteiger charge is -2.32. The van der Waals surface area contributed by atoms with E-state index in [1.807, 2.05) is 0 Å². The normalized spacial score (nSPS) is 26.2. The zero-order valence-electron chi connectivity index (χ0n) is 16.3. The summed E-state index contributed by atoms with van der Waals surface area (Å²) in [5.74, 6) is -2.33. The highest BCUT2D eigenvalue weighted by molar-refractivity contribution is 7.92. The average Bonchev–Trinajstić information content (AvgIpc) is 3.13. The van der Waals surface area contributed by atoms with Gasteiger partial charge in [-0.15, -0.1) is 0 Å². The fraction of sp³-hybridized carbons (Fsp3) is 0.632. The fourth-order valence-electron chi connectivity index (χ4n) is 4.22. The van der Waals surface area contributed by atoms with Crippen LogP contribution in [0.4, 0.5) is 18.9 Å². The summed E-state index contributed by atoms with van der Waals surface area (Å²) < 4.78 is 72.5. The Morgan fingerprint density at radius 3 is 2.33 bits per heavy atom. The van der Waals surface area contributed by atoms with E-state index in [4.69, 9.17) is 4.74 Å². The van der Waals surface area contributed by atoms with Gasteiger partial charge in [0.2, 0.25) is 0 Å². The van der Waals surface area contributed by atoms with Crippen LogP contribution in [0.15, 0.2) is 23.1 Å². The first-order valence-corrected chi connectivity index (χ1v) is 11.1. The Morgan fingerprint density at radius 2 is 1.83 bits per heavy atom. The largest absolute Gasteiger partial charge is 0.481 e. The molecule has 168 valence electrons. The maximum atomic E-state index is 13.8. The number of sulfone groups is 1. The number of carbonyl (C=O) groups is 1. The number of methoxy groups -OCH3 is 1. The number of nitrogens with zero attached hydrogens (tertiary/aromatic N) is 1. The Bertz CT molecular complexity index is 896. The van der Waals surface area contributed by atoms with Crippen LogP contribution in [0.1, 0.15) is 31.2 Å². The molecule has 1 aromatic carbocycles. The molecule has 0 radical (unpaired) electrons. The monoisotopic (exact) mass is 451 g/mol. The standard InChI is InChI=1S/C19H24F3NO6S/c1-29-16-10-13(9-14(16)18(25)26)30(27,28)17-3-2-11(8-15(17)19(20,21)22)23-6-4-12(24)5-7-23/h2-3,8,12-14,16,24H,4-7,9-10H2,1H3,(H,25,26)/t13-,14-,16-/m1/s1. The Hall–Kier alpha value is -1.85. The predicted molar refractivity (Wildman–Crippen MR) is 101 cm³/mol. The maximum Gasteiger partial charge on any atom is 0.417 e. The minimum absolute atomic E-state index is 0.182. The van der Waals surface area contributed by atoms with Crippen LogP contribution in [0.25, 0.3) is 0 Å². The van der Waals surface area contributed by atoms with Crippen molar-refractivity contribution in [2.75, 3.05) is 25.1 Å². The van der Waals surface area contributed by atoms with E-state index in [0.29, 0.717) is 25.9 Å². The fourth-order valence-corrected chi connectivity index (χ4v) is 6.22. The molecule has 3 atom stereocenters. The predicted octanol–water partition coefficient (Wildman–Crippen LogP) is 2.32. The molecule has 1 saturated carbocycles. The van der Waals surface area contributed by atoms with Crippen molar-refractivity contribution in [2.45, 2.75) is 54.2 Å². The van der Waals surface area contributed by atoms with Gasteiger partial charge < -0.3 is 19.8 Å². The summed E-state index contributed by atoms with van der Waals surface area (Å²) in [6.45, 7) is 0.728. The van der Waals surface area contributed by atoms with E-state index < -0.39 is 55.8 Å². The van der Waals surface area contributed by atoms with Gasteiger partial charge in [0.25, 0.3) is 0 Å². The number of piperidine rings is 1. The first-order valence-electron chi connectivity index (χ1n) is 9.59. The van der Waals surface area contributed by atoms with Gasteiger partial charge in [-0.25, -0.2) is 8.42 Å². The van der Waals surface area contributed by atoms with E-state index in [-0.39, 0.29) is 18.5 Å². The van der Waals surface area contributed by atoms with Crippen LogP contribution in [0.5, 0.6) is 0 Å². The van der Waals surface area contributed by atoms with Crippen LogP contribution < -0.4 is 4.90 Å². The number of carboxylic acid groups (broad SMARTS) is 1. The molecule has 3 rings (SSSR count). The Kier molecular flexibility index (Phi) is 6.35. The average molecular weight is 451 g/mol. The van der Waals surface area contributed by atoms with Crippen molar-refractivity contribution in [1.82, 2.24) is 0 Å². The third kappa shape index (κ3) is 4.42. The molecule has 11 heteroatoms. The van der Waals surface area contributed by atoms with Gasteiger partial charge in [-0.05, 0) is 43.9 Å². The molecule has 0 spiro atoms. The summed E-state index contributed by atoms with van der Waals surface area (Å²) in [5, 5.41) is 17.6. The maximum absolute atomic E-state index is 13.8. The van der Waals surface area contributed by atoms with Crippen molar-refractivity contribution < 1.29 is 41.3 Å². The number of aliphatic hydroxyl groups is 1. The molecule has 0 unspecified atom stereocenters. The van der Waals surface area contributed by atoms with Crippen LogP contribution in [-0.4, -0.2) is 62.3 Å². The molecule has 2 fully saturated rings. The number of carboxylic acids is 1. The molecule has 7 nitrogen and oxygen atoms in total. The van der Waals surface area contributed by atoms with Crippen LogP contribution >= 0.6 is 0 Å². The van der Waals surface area contributed by atoms with Gasteiger partial charge in [0.15, 0.2) is 9.84 Å².